The molecule has 0 N–H and O–H groups in total. The van der Waals surface area contributed by atoms with Crippen LogP contribution in [0.4, 0.5) is 26.3 Å². The molecule has 0 aliphatic rings. The molecule has 0 radical (unpaired) electrons. The van der Waals surface area contributed by atoms with E-state index in [1.807, 2.05) is 0 Å². The highest BCUT2D eigenvalue weighted by Gasteiger charge is 2.42. The Balaban J connectivity index is 4.89. The summed E-state index contributed by atoms with van der Waals surface area (Å²) >= 11 is 0. The van der Waals surface area contributed by atoms with E-state index in [2.05, 4.69) is 4.74 Å². The number of ketones is 1. The van der Waals surface area contributed by atoms with E-state index in [-0.39, 0.29) is 0 Å². The minimum absolute atomic E-state index is 0.517. The Morgan fingerprint density at radius 1 is 1.07 bits per heavy atom. The molecule has 2 nitrogen and oxygen atoms in total. The second-order valence-electron chi connectivity index (χ2n) is 2.07. The zero-order chi connectivity index (χ0) is 11.6. The molecule has 82 valence electrons. The molecular formula is C6H4F6O2. The minimum atomic E-state index is -5.34. The molecular weight excluding hydrogens is 218 g/mol. The van der Waals surface area contributed by atoms with Gasteiger partial charge in [-0.3, -0.25) is 4.79 Å². The van der Waals surface area contributed by atoms with Crippen LogP contribution in [0, 0.1) is 0 Å². The van der Waals surface area contributed by atoms with Gasteiger partial charge in [-0.15, -0.1) is 0 Å². The largest absolute Gasteiger partial charge is 0.492 e. The fourth-order valence-electron chi connectivity index (χ4n) is 0.457. The van der Waals surface area contributed by atoms with Gasteiger partial charge in [0, 0.05) is 6.08 Å². The molecule has 14 heavy (non-hydrogen) atoms. The number of methoxy groups -OCH3 is 1. The molecule has 0 aliphatic carbocycles. The third-order valence-corrected chi connectivity index (χ3v) is 1.04. The van der Waals surface area contributed by atoms with E-state index < -0.39 is 30.0 Å². The van der Waals surface area contributed by atoms with Gasteiger partial charge in [0.25, 0.3) is 5.78 Å². The highest BCUT2D eigenvalue weighted by atomic mass is 19.4. The SMILES string of the molecule is CO/C(=C\C(=O)C(F)(F)F)C(F)(F)F. The third kappa shape index (κ3) is 3.67. The maximum Gasteiger partial charge on any atom is 0.454 e. The van der Waals surface area contributed by atoms with Gasteiger partial charge in [0.1, 0.15) is 0 Å². The van der Waals surface area contributed by atoms with Crippen molar-refractivity contribution in [1.82, 2.24) is 0 Å². The number of ether oxygens (including phenoxy) is 1. The Morgan fingerprint density at radius 3 is 1.71 bits per heavy atom. The Hall–Kier alpha value is -1.21. The zero-order valence-electron chi connectivity index (χ0n) is 6.66. The highest BCUT2D eigenvalue weighted by molar-refractivity contribution is 5.94. The van der Waals surface area contributed by atoms with Crippen molar-refractivity contribution in [2.45, 2.75) is 12.4 Å². The Morgan fingerprint density at radius 2 is 1.50 bits per heavy atom. The molecule has 0 aliphatic heterocycles. The van der Waals surface area contributed by atoms with Crippen molar-refractivity contribution in [2.75, 3.05) is 7.11 Å². The second kappa shape index (κ2) is 3.89. The van der Waals surface area contributed by atoms with Crippen LogP contribution in [0.25, 0.3) is 0 Å². The first kappa shape index (κ1) is 12.8. The molecule has 8 heteroatoms. The van der Waals surface area contributed by atoms with Crippen molar-refractivity contribution < 1.29 is 35.9 Å². The normalized spacial score (nSPS) is 14.1. The van der Waals surface area contributed by atoms with Crippen LogP contribution in [0.3, 0.4) is 0 Å². The summed E-state index contributed by atoms with van der Waals surface area (Å²) in [7, 11) is 0.517. The highest BCUT2D eigenvalue weighted by Crippen LogP contribution is 2.27. The molecule has 0 aromatic carbocycles. The summed E-state index contributed by atoms with van der Waals surface area (Å²) in [5.41, 5.74) is 0. The van der Waals surface area contributed by atoms with E-state index in [1.54, 1.807) is 0 Å². The van der Waals surface area contributed by atoms with Crippen molar-refractivity contribution in [3.63, 3.8) is 0 Å². The van der Waals surface area contributed by atoms with Crippen LogP contribution in [-0.2, 0) is 9.53 Å². The maximum atomic E-state index is 11.8. The molecule has 0 spiro atoms. The molecule has 0 rings (SSSR count). The number of rotatable bonds is 2. The van der Waals surface area contributed by atoms with Crippen LogP contribution in [0.15, 0.2) is 11.8 Å². The van der Waals surface area contributed by atoms with E-state index in [1.165, 1.54) is 0 Å². The van der Waals surface area contributed by atoms with Gasteiger partial charge >= 0.3 is 12.4 Å². The molecule has 0 atom stereocenters. The lowest BCUT2D eigenvalue weighted by molar-refractivity contribution is -0.167. The van der Waals surface area contributed by atoms with Gasteiger partial charge in [-0.2, -0.15) is 26.3 Å². The van der Waals surface area contributed by atoms with E-state index in [0.29, 0.717) is 7.11 Å². The fourth-order valence-corrected chi connectivity index (χ4v) is 0.457. The van der Waals surface area contributed by atoms with Crippen molar-refractivity contribution >= 4 is 5.78 Å². The van der Waals surface area contributed by atoms with Gasteiger partial charge in [-0.05, 0) is 0 Å². The predicted molar refractivity (Wildman–Crippen MR) is 32.2 cm³/mol. The Kier molecular flexibility index (Phi) is 3.55. The third-order valence-electron chi connectivity index (χ3n) is 1.04. The van der Waals surface area contributed by atoms with E-state index in [0.717, 1.165) is 0 Å². The van der Waals surface area contributed by atoms with Crippen molar-refractivity contribution in [3.05, 3.63) is 11.8 Å². The minimum Gasteiger partial charge on any atom is -0.492 e. The summed E-state index contributed by atoms with van der Waals surface area (Å²) in [5.74, 6) is -4.61. The molecule has 0 aromatic heterocycles. The van der Waals surface area contributed by atoms with Crippen LogP contribution in [-0.4, -0.2) is 25.2 Å². The average Bonchev–Trinajstić information content (AvgIpc) is 1.95. The van der Waals surface area contributed by atoms with Crippen LogP contribution in [0.2, 0.25) is 0 Å². The molecule has 0 fully saturated rings. The van der Waals surface area contributed by atoms with E-state index in [9.17, 15) is 31.1 Å². The lowest BCUT2D eigenvalue weighted by Gasteiger charge is -2.09. The second-order valence-corrected chi connectivity index (χ2v) is 2.07. The Labute approximate surface area is 74.1 Å². The zero-order valence-corrected chi connectivity index (χ0v) is 6.66. The average molecular weight is 222 g/mol. The summed E-state index contributed by atoms with van der Waals surface area (Å²) in [6.07, 6.45) is -11.1. The topological polar surface area (TPSA) is 26.3 Å². The lowest BCUT2D eigenvalue weighted by atomic mass is 10.3. The molecule has 0 saturated carbocycles. The molecule has 0 unspecified atom stereocenters. The van der Waals surface area contributed by atoms with Crippen molar-refractivity contribution in [1.29, 1.82) is 0 Å². The standard InChI is InChI=1S/C6H4F6O2/c1-14-4(6(10,11)12)2-3(13)5(7,8)9/h2H,1H3/b4-2-. The molecule has 0 amide bonds. The number of carbonyl (C=O) groups excluding carboxylic acids is 1. The summed E-state index contributed by atoms with van der Waals surface area (Å²) in [4.78, 5) is 10.1. The molecule has 0 aromatic rings. The van der Waals surface area contributed by atoms with Crippen LogP contribution in [0.5, 0.6) is 0 Å². The first-order chi connectivity index (χ1) is 6.09. The van der Waals surface area contributed by atoms with Gasteiger partial charge in [0.15, 0.2) is 0 Å². The predicted octanol–water partition coefficient (Wildman–Crippen LogP) is 2.21. The van der Waals surface area contributed by atoms with E-state index >= 15 is 0 Å². The quantitative estimate of drug-likeness (QED) is 0.406. The smallest absolute Gasteiger partial charge is 0.454 e. The summed E-state index contributed by atoms with van der Waals surface area (Å²) in [6.45, 7) is 0. The van der Waals surface area contributed by atoms with Gasteiger partial charge in [0.2, 0.25) is 5.76 Å². The Bertz CT molecular complexity index is 248. The van der Waals surface area contributed by atoms with Crippen molar-refractivity contribution in [3.8, 4) is 0 Å². The number of hydrogen-bond acceptors (Lipinski definition) is 2. The number of hydrogen-bond donors (Lipinski definition) is 0. The van der Waals surface area contributed by atoms with Gasteiger partial charge in [-0.1, -0.05) is 0 Å². The summed E-state index contributed by atoms with van der Waals surface area (Å²) < 4.78 is 73.4. The molecule has 0 heterocycles. The first-order valence-electron chi connectivity index (χ1n) is 3.03. The number of allylic oxidation sites excluding steroid dienone is 2. The molecule has 0 saturated heterocycles. The number of halogens is 6. The summed E-state index contributed by atoms with van der Waals surface area (Å²) in [6, 6.07) is 0. The fraction of sp³-hybridized carbons (Fsp3) is 0.500. The van der Waals surface area contributed by atoms with Crippen molar-refractivity contribution in [2.24, 2.45) is 0 Å². The first-order valence-corrected chi connectivity index (χ1v) is 3.03. The van der Waals surface area contributed by atoms with Gasteiger partial charge < -0.3 is 4.74 Å². The monoisotopic (exact) mass is 222 g/mol. The van der Waals surface area contributed by atoms with E-state index in [4.69, 9.17) is 0 Å². The maximum absolute atomic E-state index is 11.8. The van der Waals surface area contributed by atoms with Crippen LogP contribution < -0.4 is 0 Å². The number of carbonyl (C=O) groups is 1. The van der Waals surface area contributed by atoms with Crippen LogP contribution >= 0.6 is 0 Å². The lowest BCUT2D eigenvalue weighted by Crippen LogP contribution is -2.23. The molecule has 0 bridgehead atoms. The number of alkyl halides is 6. The van der Waals surface area contributed by atoms with Gasteiger partial charge in [-0.25, -0.2) is 0 Å². The summed E-state index contributed by atoms with van der Waals surface area (Å²) in [5, 5.41) is 0. The van der Waals surface area contributed by atoms with Crippen LogP contribution in [0.1, 0.15) is 0 Å². The van der Waals surface area contributed by atoms with Gasteiger partial charge in [0.05, 0.1) is 7.11 Å².